The summed E-state index contributed by atoms with van der Waals surface area (Å²) in [4.78, 5) is 23.0. The SMILES string of the molecule is CC(C)CCC(=O)OCC(=O)NCCNc1ccc(C(F)(F)F)cc1N([O-])O. The smallest absolute Gasteiger partial charge is 0.416 e. The Morgan fingerprint density at radius 2 is 1.96 bits per heavy atom. The highest BCUT2D eigenvalue weighted by molar-refractivity contribution is 5.80. The molecule has 1 aromatic rings. The van der Waals surface area contributed by atoms with Gasteiger partial charge in [0.15, 0.2) is 6.61 Å². The van der Waals surface area contributed by atoms with Crippen molar-refractivity contribution in [2.45, 2.75) is 32.9 Å². The lowest BCUT2D eigenvalue weighted by Crippen LogP contribution is -2.32. The van der Waals surface area contributed by atoms with E-state index in [0.717, 1.165) is 12.1 Å². The second-order valence-corrected chi connectivity index (χ2v) is 6.37. The number of carbonyl (C=O) groups excluding carboxylic acids is 2. The van der Waals surface area contributed by atoms with Crippen LogP contribution in [0, 0.1) is 11.1 Å². The molecule has 158 valence electrons. The Labute approximate surface area is 160 Å². The molecule has 0 aliphatic rings. The van der Waals surface area contributed by atoms with E-state index >= 15 is 0 Å². The number of nitrogens with zero attached hydrogens (tertiary/aromatic N) is 1. The van der Waals surface area contributed by atoms with Gasteiger partial charge in [-0.1, -0.05) is 13.8 Å². The maximum absolute atomic E-state index is 12.7. The number of carbonyl (C=O) groups is 2. The summed E-state index contributed by atoms with van der Waals surface area (Å²) in [6, 6.07) is 2.26. The molecule has 0 aliphatic heterocycles. The lowest BCUT2D eigenvalue weighted by atomic mass is 10.1. The van der Waals surface area contributed by atoms with Crippen molar-refractivity contribution >= 4 is 23.3 Å². The minimum absolute atomic E-state index is 0.0418. The third-order valence-electron chi connectivity index (χ3n) is 3.58. The maximum atomic E-state index is 12.7. The van der Waals surface area contributed by atoms with Crippen LogP contribution in [0.4, 0.5) is 24.5 Å². The quantitative estimate of drug-likeness (QED) is 0.311. The lowest BCUT2D eigenvalue weighted by Gasteiger charge is -2.26. The van der Waals surface area contributed by atoms with E-state index < -0.39 is 41.1 Å². The van der Waals surface area contributed by atoms with Gasteiger partial charge >= 0.3 is 12.1 Å². The standard InChI is InChI=1S/C17H23F3N3O5/c1-11(2)3-6-16(25)28-10-15(24)22-8-7-21-13-5-4-12(17(18,19)20)9-14(13)23(26)27/h4-5,9,11,21,26H,3,6-8,10H2,1-2H3,(H,22,24)/q-1. The molecule has 0 atom stereocenters. The molecule has 0 aromatic heterocycles. The van der Waals surface area contributed by atoms with Crippen molar-refractivity contribution in [3.05, 3.63) is 29.0 Å². The summed E-state index contributed by atoms with van der Waals surface area (Å²) in [6.07, 6.45) is -3.79. The molecule has 0 aliphatic carbocycles. The van der Waals surface area contributed by atoms with Crippen LogP contribution in [0.5, 0.6) is 0 Å². The molecule has 1 aromatic carbocycles. The number of alkyl halides is 3. The van der Waals surface area contributed by atoms with Crippen LogP contribution >= 0.6 is 0 Å². The van der Waals surface area contributed by atoms with Crippen molar-refractivity contribution in [3.8, 4) is 0 Å². The molecule has 0 saturated carbocycles. The summed E-state index contributed by atoms with van der Waals surface area (Å²) in [7, 11) is 0. The second-order valence-electron chi connectivity index (χ2n) is 6.37. The first-order chi connectivity index (χ1) is 13.0. The first-order valence-corrected chi connectivity index (χ1v) is 8.54. The number of hydrogen-bond donors (Lipinski definition) is 3. The van der Waals surface area contributed by atoms with Crippen molar-refractivity contribution < 1.29 is 32.7 Å². The fourth-order valence-corrected chi connectivity index (χ4v) is 2.09. The molecule has 0 unspecified atom stereocenters. The molecular weight excluding hydrogens is 383 g/mol. The number of nitrogens with one attached hydrogen (secondary N) is 2. The summed E-state index contributed by atoms with van der Waals surface area (Å²) in [6.45, 7) is 3.58. The largest absolute Gasteiger partial charge is 0.733 e. The van der Waals surface area contributed by atoms with Crippen molar-refractivity contribution in [2.75, 3.05) is 30.2 Å². The van der Waals surface area contributed by atoms with Gasteiger partial charge in [0.05, 0.1) is 16.9 Å². The van der Waals surface area contributed by atoms with Crippen LogP contribution in [-0.4, -0.2) is 36.8 Å². The highest BCUT2D eigenvalue weighted by Crippen LogP contribution is 2.35. The summed E-state index contributed by atoms with van der Waals surface area (Å²) in [5.74, 6) is -0.679. The van der Waals surface area contributed by atoms with Crippen molar-refractivity contribution in [3.63, 3.8) is 0 Å². The maximum Gasteiger partial charge on any atom is 0.416 e. The third-order valence-corrected chi connectivity index (χ3v) is 3.58. The molecule has 1 rings (SSSR count). The van der Waals surface area contributed by atoms with Gasteiger partial charge in [-0.15, -0.1) is 0 Å². The molecule has 3 N–H and O–H groups in total. The Kier molecular flexibility index (Phi) is 9.00. The van der Waals surface area contributed by atoms with E-state index in [1.54, 1.807) is 0 Å². The van der Waals surface area contributed by atoms with Crippen LogP contribution in [0.3, 0.4) is 0 Å². The minimum Gasteiger partial charge on any atom is -0.733 e. The topological polar surface area (TPSA) is 114 Å². The number of ether oxygens (including phenoxy) is 1. The second kappa shape index (κ2) is 10.7. The summed E-state index contributed by atoms with van der Waals surface area (Å²) in [5, 5.41) is 24.5. The van der Waals surface area contributed by atoms with Crippen molar-refractivity contribution in [2.24, 2.45) is 5.92 Å². The van der Waals surface area contributed by atoms with Crippen molar-refractivity contribution in [1.82, 2.24) is 5.32 Å². The Bertz CT molecular complexity index is 666. The summed E-state index contributed by atoms with van der Waals surface area (Å²) in [5.41, 5.74) is -1.74. The monoisotopic (exact) mass is 406 g/mol. The fourth-order valence-electron chi connectivity index (χ4n) is 2.09. The Morgan fingerprint density at radius 3 is 2.54 bits per heavy atom. The average Bonchev–Trinajstić information content (AvgIpc) is 2.60. The first kappa shape index (κ1) is 23.5. The molecule has 0 fully saturated rings. The molecule has 0 spiro atoms. The average molecular weight is 406 g/mol. The highest BCUT2D eigenvalue weighted by atomic mass is 19.4. The predicted octanol–water partition coefficient (Wildman–Crippen LogP) is 2.91. The molecule has 8 nitrogen and oxygen atoms in total. The molecule has 28 heavy (non-hydrogen) atoms. The van der Waals surface area contributed by atoms with Crippen LogP contribution in [0.25, 0.3) is 0 Å². The third kappa shape index (κ3) is 8.44. The Hall–Kier alpha value is -2.53. The minimum atomic E-state index is -4.66. The van der Waals surface area contributed by atoms with Gasteiger partial charge in [-0.05, 0) is 30.5 Å². The van der Waals surface area contributed by atoms with Crippen molar-refractivity contribution in [1.29, 1.82) is 0 Å². The van der Waals surface area contributed by atoms with Crippen LogP contribution < -0.4 is 15.9 Å². The van der Waals surface area contributed by atoms with Gasteiger partial charge in [-0.25, -0.2) is 0 Å². The van der Waals surface area contributed by atoms with E-state index in [0.29, 0.717) is 18.4 Å². The number of benzene rings is 1. The van der Waals surface area contributed by atoms with Crippen LogP contribution in [0.1, 0.15) is 32.3 Å². The molecule has 0 heterocycles. The zero-order valence-electron chi connectivity index (χ0n) is 15.5. The van der Waals surface area contributed by atoms with Gasteiger partial charge in [-0.2, -0.15) is 13.2 Å². The zero-order valence-corrected chi connectivity index (χ0v) is 15.5. The molecule has 11 heteroatoms. The lowest BCUT2D eigenvalue weighted by molar-refractivity contribution is -0.148. The number of esters is 1. The van der Waals surface area contributed by atoms with E-state index in [2.05, 4.69) is 10.6 Å². The molecule has 0 bridgehead atoms. The predicted molar refractivity (Wildman–Crippen MR) is 95.6 cm³/mol. The Balaban J connectivity index is 2.43. The normalized spacial score (nSPS) is 11.3. The fraction of sp³-hybridized carbons (Fsp3) is 0.529. The summed E-state index contributed by atoms with van der Waals surface area (Å²) >= 11 is 0. The molecular formula is C17H23F3N3O5-. The van der Waals surface area contributed by atoms with Gasteiger partial charge < -0.3 is 25.8 Å². The van der Waals surface area contributed by atoms with Gasteiger partial charge in [-0.3, -0.25) is 14.8 Å². The number of rotatable bonds is 10. The highest BCUT2D eigenvalue weighted by Gasteiger charge is 2.31. The van der Waals surface area contributed by atoms with E-state index in [1.165, 1.54) is 0 Å². The number of anilines is 2. The zero-order chi connectivity index (χ0) is 21.3. The van der Waals surface area contributed by atoms with Gasteiger partial charge in [0, 0.05) is 19.5 Å². The van der Waals surface area contributed by atoms with E-state index in [1.807, 2.05) is 13.8 Å². The number of hydrogen-bond acceptors (Lipinski definition) is 7. The Morgan fingerprint density at radius 1 is 1.29 bits per heavy atom. The number of amides is 1. The number of halogens is 3. The first-order valence-electron chi connectivity index (χ1n) is 8.54. The summed E-state index contributed by atoms with van der Waals surface area (Å²) < 4.78 is 42.8. The van der Waals surface area contributed by atoms with E-state index in [-0.39, 0.29) is 25.2 Å². The molecule has 0 saturated heterocycles. The molecule has 1 amide bonds. The van der Waals surface area contributed by atoms with Crippen LogP contribution in [-0.2, 0) is 20.5 Å². The van der Waals surface area contributed by atoms with Gasteiger partial charge in [0.1, 0.15) is 0 Å². The van der Waals surface area contributed by atoms with Crippen LogP contribution in [0.2, 0.25) is 0 Å². The molecule has 0 radical (unpaired) electrons. The van der Waals surface area contributed by atoms with E-state index in [4.69, 9.17) is 9.94 Å². The van der Waals surface area contributed by atoms with E-state index in [9.17, 15) is 28.0 Å². The van der Waals surface area contributed by atoms with Crippen LogP contribution in [0.15, 0.2) is 18.2 Å². The van der Waals surface area contributed by atoms with Gasteiger partial charge in [0.25, 0.3) is 5.91 Å². The van der Waals surface area contributed by atoms with Gasteiger partial charge in [0.2, 0.25) is 0 Å².